The van der Waals surface area contributed by atoms with Gasteiger partial charge in [-0.05, 0) is 44.9 Å². The lowest BCUT2D eigenvalue weighted by atomic mass is 9.79. The average Bonchev–Trinajstić information content (AvgIpc) is 2.82. The van der Waals surface area contributed by atoms with Gasteiger partial charge in [0.2, 0.25) is 0 Å². The second kappa shape index (κ2) is 6.33. The van der Waals surface area contributed by atoms with Gasteiger partial charge < -0.3 is 20.2 Å². The first-order chi connectivity index (χ1) is 8.74. The van der Waals surface area contributed by atoms with Gasteiger partial charge in [-0.15, -0.1) is 0 Å². The van der Waals surface area contributed by atoms with Crippen molar-refractivity contribution in [2.24, 2.45) is 5.92 Å². The number of fused-ring (bicyclic) bond motifs is 2. The van der Waals surface area contributed by atoms with Crippen molar-refractivity contribution in [3.05, 3.63) is 0 Å². The van der Waals surface area contributed by atoms with Crippen LogP contribution in [-0.4, -0.2) is 72.9 Å². The van der Waals surface area contributed by atoms with Gasteiger partial charge in [0.15, 0.2) is 0 Å². The fourth-order valence-electron chi connectivity index (χ4n) is 3.55. The number of likely N-dealkylation sites (N-methyl/N-ethyl adjacent to an activating group) is 1. The Bertz CT molecular complexity index is 257. The second-order valence-corrected chi connectivity index (χ2v) is 5.80. The van der Waals surface area contributed by atoms with Crippen molar-refractivity contribution in [3.8, 4) is 0 Å². The van der Waals surface area contributed by atoms with E-state index in [9.17, 15) is 5.11 Å². The fourth-order valence-corrected chi connectivity index (χ4v) is 3.55. The summed E-state index contributed by atoms with van der Waals surface area (Å²) in [7, 11) is 0. The molecule has 4 nitrogen and oxygen atoms in total. The molecule has 2 fully saturated rings. The summed E-state index contributed by atoms with van der Waals surface area (Å²) in [5.41, 5.74) is 0.000152. The van der Waals surface area contributed by atoms with Crippen molar-refractivity contribution in [2.45, 2.75) is 32.2 Å². The zero-order chi connectivity index (χ0) is 13.0. The second-order valence-electron chi connectivity index (χ2n) is 5.80. The molecule has 2 N–H and O–H groups in total. The first-order valence-corrected chi connectivity index (χ1v) is 7.54. The molecule has 0 amide bonds. The van der Waals surface area contributed by atoms with E-state index in [1.807, 2.05) is 0 Å². The van der Waals surface area contributed by atoms with Gasteiger partial charge in [-0.3, -0.25) is 0 Å². The number of aliphatic hydroxyl groups excluding tert-OH is 1. The Hall–Kier alpha value is -0.160. The molecule has 0 spiro atoms. The molecule has 2 saturated heterocycles. The Balaban J connectivity index is 1.84. The van der Waals surface area contributed by atoms with Crippen LogP contribution in [0.2, 0.25) is 0 Å². The minimum absolute atomic E-state index is 0.000152. The summed E-state index contributed by atoms with van der Waals surface area (Å²) in [6.07, 6.45) is 2.35. The van der Waals surface area contributed by atoms with E-state index >= 15 is 0 Å². The Morgan fingerprint density at radius 1 is 1.33 bits per heavy atom. The summed E-state index contributed by atoms with van der Waals surface area (Å²) < 4.78 is 0. The highest BCUT2D eigenvalue weighted by Crippen LogP contribution is 2.35. The normalized spacial score (nSPS) is 35.3. The molecule has 0 aromatic rings. The zero-order valence-corrected chi connectivity index (χ0v) is 12.0. The molecule has 106 valence electrons. The maximum Gasteiger partial charge on any atom is 0.0617 e. The highest BCUT2D eigenvalue weighted by molar-refractivity contribution is 5.02. The lowest BCUT2D eigenvalue weighted by molar-refractivity contribution is 0.0630. The Morgan fingerprint density at radius 2 is 2.11 bits per heavy atom. The van der Waals surface area contributed by atoms with Gasteiger partial charge in [-0.2, -0.15) is 0 Å². The van der Waals surface area contributed by atoms with E-state index < -0.39 is 0 Å². The van der Waals surface area contributed by atoms with Crippen LogP contribution in [0.15, 0.2) is 0 Å². The maximum atomic E-state index is 9.85. The summed E-state index contributed by atoms with van der Waals surface area (Å²) in [5.74, 6) is 0.646. The number of rotatable bonds is 7. The first-order valence-electron chi connectivity index (χ1n) is 7.54. The Kier molecular flexibility index (Phi) is 5.01. The minimum atomic E-state index is 0.000152. The van der Waals surface area contributed by atoms with Crippen LogP contribution in [0.3, 0.4) is 0 Å². The third-order valence-electron chi connectivity index (χ3n) is 5.01. The van der Waals surface area contributed by atoms with E-state index in [2.05, 4.69) is 29.0 Å². The van der Waals surface area contributed by atoms with Gasteiger partial charge in [0, 0.05) is 25.2 Å². The van der Waals surface area contributed by atoms with Crippen molar-refractivity contribution in [3.63, 3.8) is 0 Å². The molecular formula is C14H29N3O. The molecule has 2 aliphatic rings. The van der Waals surface area contributed by atoms with Crippen LogP contribution in [0.25, 0.3) is 0 Å². The van der Waals surface area contributed by atoms with Crippen LogP contribution in [0.1, 0.15) is 26.7 Å². The average molecular weight is 255 g/mol. The molecule has 0 aromatic heterocycles. The fraction of sp³-hybridized carbons (Fsp3) is 1.00. The van der Waals surface area contributed by atoms with Crippen molar-refractivity contribution >= 4 is 0 Å². The molecule has 4 heteroatoms. The van der Waals surface area contributed by atoms with E-state index in [-0.39, 0.29) is 5.54 Å². The van der Waals surface area contributed by atoms with Gasteiger partial charge in [-0.1, -0.05) is 13.8 Å². The predicted octanol–water partition coefficient (Wildman–Crippen LogP) is 0.375. The molecule has 2 rings (SSSR count). The SMILES string of the molecule is CCN(CC)CCNC1(CO)CCN2CCC1C2. The molecular weight excluding hydrogens is 226 g/mol. The van der Waals surface area contributed by atoms with Crippen molar-refractivity contribution in [1.29, 1.82) is 0 Å². The standard InChI is InChI=1S/C14H29N3O/c1-3-16(4-2)10-7-15-14(12-18)6-9-17-8-5-13(14)11-17/h13,15,18H,3-12H2,1-2H3. The number of aliphatic hydroxyl groups is 1. The third-order valence-corrected chi connectivity index (χ3v) is 5.01. The van der Waals surface area contributed by atoms with Crippen LogP contribution < -0.4 is 5.32 Å². The van der Waals surface area contributed by atoms with Gasteiger partial charge in [-0.25, -0.2) is 0 Å². The summed E-state index contributed by atoms with van der Waals surface area (Å²) in [6, 6.07) is 0. The Labute approximate surface area is 111 Å². The molecule has 3 unspecified atom stereocenters. The van der Waals surface area contributed by atoms with Gasteiger partial charge in [0.25, 0.3) is 0 Å². The minimum Gasteiger partial charge on any atom is -0.394 e. The van der Waals surface area contributed by atoms with Crippen LogP contribution in [0, 0.1) is 5.92 Å². The lowest BCUT2D eigenvalue weighted by Crippen LogP contribution is -2.59. The predicted molar refractivity (Wildman–Crippen MR) is 74.8 cm³/mol. The van der Waals surface area contributed by atoms with Crippen LogP contribution >= 0.6 is 0 Å². The van der Waals surface area contributed by atoms with Crippen molar-refractivity contribution in [2.75, 3.05) is 52.4 Å². The molecule has 0 radical (unpaired) electrons. The summed E-state index contributed by atoms with van der Waals surface area (Å²) in [6.45, 7) is 12.6. The smallest absolute Gasteiger partial charge is 0.0617 e. The zero-order valence-electron chi connectivity index (χ0n) is 12.0. The van der Waals surface area contributed by atoms with Gasteiger partial charge in [0.05, 0.1) is 6.61 Å². The molecule has 3 atom stereocenters. The quantitative estimate of drug-likeness (QED) is 0.690. The van der Waals surface area contributed by atoms with Gasteiger partial charge >= 0.3 is 0 Å². The van der Waals surface area contributed by atoms with Crippen molar-refractivity contribution < 1.29 is 5.11 Å². The van der Waals surface area contributed by atoms with Crippen LogP contribution in [0.4, 0.5) is 0 Å². The molecule has 0 aliphatic carbocycles. The summed E-state index contributed by atoms with van der Waals surface area (Å²) in [4.78, 5) is 4.96. The lowest BCUT2D eigenvalue weighted by Gasteiger charge is -2.43. The highest BCUT2D eigenvalue weighted by atomic mass is 16.3. The maximum absolute atomic E-state index is 9.85. The van der Waals surface area contributed by atoms with Crippen LogP contribution in [-0.2, 0) is 0 Å². The number of nitrogens with zero attached hydrogens (tertiary/aromatic N) is 2. The number of piperidine rings is 1. The van der Waals surface area contributed by atoms with E-state index in [1.165, 1.54) is 19.5 Å². The molecule has 0 aromatic carbocycles. The number of hydrogen-bond donors (Lipinski definition) is 2. The van der Waals surface area contributed by atoms with Crippen molar-refractivity contribution in [1.82, 2.24) is 15.1 Å². The molecule has 0 saturated carbocycles. The van der Waals surface area contributed by atoms with E-state index in [1.54, 1.807) is 0 Å². The monoisotopic (exact) mass is 255 g/mol. The Morgan fingerprint density at radius 3 is 2.78 bits per heavy atom. The molecule has 2 heterocycles. The molecule has 18 heavy (non-hydrogen) atoms. The molecule has 2 bridgehead atoms. The van der Waals surface area contributed by atoms with Crippen LogP contribution in [0.5, 0.6) is 0 Å². The number of hydrogen-bond acceptors (Lipinski definition) is 4. The largest absolute Gasteiger partial charge is 0.394 e. The van der Waals surface area contributed by atoms with Gasteiger partial charge in [0.1, 0.15) is 0 Å². The topological polar surface area (TPSA) is 38.7 Å². The summed E-state index contributed by atoms with van der Waals surface area (Å²) in [5, 5.41) is 13.5. The van der Waals surface area contributed by atoms with E-state index in [4.69, 9.17) is 0 Å². The summed E-state index contributed by atoms with van der Waals surface area (Å²) >= 11 is 0. The van der Waals surface area contributed by atoms with E-state index in [0.717, 1.165) is 39.1 Å². The highest BCUT2D eigenvalue weighted by Gasteiger charge is 2.45. The number of nitrogens with one attached hydrogen (secondary N) is 1. The first kappa shape index (κ1) is 14.3. The van der Waals surface area contributed by atoms with E-state index in [0.29, 0.717) is 12.5 Å². The molecule has 2 aliphatic heterocycles. The third kappa shape index (κ3) is 2.87.